The van der Waals surface area contributed by atoms with E-state index in [9.17, 15) is 0 Å². The summed E-state index contributed by atoms with van der Waals surface area (Å²) in [5.41, 5.74) is 7.71. The second-order valence-electron chi connectivity index (χ2n) is 10.4. The lowest BCUT2D eigenvalue weighted by Gasteiger charge is -2.40. The van der Waals surface area contributed by atoms with E-state index in [4.69, 9.17) is 14.7 Å². The first-order chi connectivity index (χ1) is 18.5. The number of H-pyrrole nitrogens is 3. The Morgan fingerprint density at radius 1 is 0.921 bits per heavy atom. The molecule has 1 aliphatic rings. The van der Waals surface area contributed by atoms with Gasteiger partial charge in [-0.1, -0.05) is 24.3 Å². The predicted molar refractivity (Wildman–Crippen MR) is 151 cm³/mol. The summed E-state index contributed by atoms with van der Waals surface area (Å²) in [5.74, 6) is 1.54. The smallest absolute Gasteiger partial charge is 0.159 e. The number of para-hydroxylation sites is 2. The van der Waals surface area contributed by atoms with E-state index in [1.165, 1.54) is 5.69 Å². The molecule has 2 atom stereocenters. The molecule has 1 aliphatic heterocycles. The zero-order chi connectivity index (χ0) is 25.8. The van der Waals surface area contributed by atoms with Crippen molar-refractivity contribution in [2.24, 2.45) is 0 Å². The van der Waals surface area contributed by atoms with Crippen LogP contribution in [0.4, 0.5) is 5.69 Å². The number of fused-ring (bicyclic) bond motifs is 3. The van der Waals surface area contributed by atoms with Crippen molar-refractivity contribution in [2.45, 2.75) is 19.1 Å². The Morgan fingerprint density at radius 3 is 2.58 bits per heavy atom. The number of benzene rings is 3. The number of nitrogens with one attached hydrogen (secondary N) is 3. The predicted octanol–water partition coefficient (Wildman–Crippen LogP) is 4.80. The highest BCUT2D eigenvalue weighted by atomic mass is 16.5. The van der Waals surface area contributed by atoms with E-state index in [1.54, 1.807) is 0 Å². The fraction of sp³-hybridized carbons (Fsp3) is 0.276. The van der Waals surface area contributed by atoms with Crippen molar-refractivity contribution in [1.29, 1.82) is 0 Å². The molecule has 0 bridgehead atoms. The minimum absolute atomic E-state index is 0.185. The number of imidazole rings is 2. The standard InChI is InChI=1S/C29H30N8O/c1-17-16-38-19(14-36(2)3)15-37(17)18-11-12-23-25(13-18)33-28(30-23)20-7-6-10-24-26(20)27(35-34-24)29-31-21-8-4-5-9-22(21)32-29/h4-13,17,19H,14-16H2,1-3H3,(H,30,33)(H,31,32)(H,34,35). The lowest BCUT2D eigenvalue weighted by atomic mass is 10.1. The van der Waals surface area contributed by atoms with Gasteiger partial charge in [0.05, 0.1) is 40.3 Å². The van der Waals surface area contributed by atoms with Crippen LogP contribution in [0.15, 0.2) is 60.7 Å². The Balaban J connectivity index is 1.28. The molecule has 9 nitrogen and oxygen atoms in total. The number of likely N-dealkylation sites (N-methyl/N-ethyl adjacent to an activating group) is 1. The normalized spacial score (nSPS) is 18.4. The number of hydrogen-bond acceptors (Lipinski definition) is 6. The zero-order valence-electron chi connectivity index (χ0n) is 21.7. The van der Waals surface area contributed by atoms with E-state index < -0.39 is 0 Å². The molecule has 3 aromatic carbocycles. The van der Waals surface area contributed by atoms with Crippen molar-refractivity contribution in [3.63, 3.8) is 0 Å². The molecule has 7 rings (SSSR count). The molecule has 1 fully saturated rings. The van der Waals surface area contributed by atoms with Crippen LogP contribution in [0.3, 0.4) is 0 Å². The van der Waals surface area contributed by atoms with Gasteiger partial charge >= 0.3 is 0 Å². The van der Waals surface area contributed by atoms with Gasteiger partial charge in [-0.15, -0.1) is 0 Å². The van der Waals surface area contributed by atoms with Crippen molar-refractivity contribution >= 4 is 38.7 Å². The molecule has 38 heavy (non-hydrogen) atoms. The maximum atomic E-state index is 6.08. The molecule has 3 N–H and O–H groups in total. The van der Waals surface area contributed by atoms with Gasteiger partial charge in [0.2, 0.25) is 0 Å². The Kier molecular flexibility index (Phi) is 5.41. The van der Waals surface area contributed by atoms with Crippen molar-refractivity contribution in [3.05, 3.63) is 60.7 Å². The van der Waals surface area contributed by atoms with E-state index in [0.29, 0.717) is 6.04 Å². The topological polar surface area (TPSA) is 102 Å². The summed E-state index contributed by atoms with van der Waals surface area (Å²) in [6.45, 7) is 4.70. The molecular formula is C29H30N8O. The SMILES string of the molecule is CC1COC(CN(C)C)CN1c1ccc2nc(-c3cccc4[nH]nc(-c5nc6ccccc6[nH]5)c34)[nH]c2c1. The van der Waals surface area contributed by atoms with Crippen LogP contribution >= 0.6 is 0 Å². The molecule has 4 heterocycles. The van der Waals surface area contributed by atoms with E-state index in [-0.39, 0.29) is 6.10 Å². The minimum atomic E-state index is 0.185. The summed E-state index contributed by atoms with van der Waals surface area (Å²) in [6.07, 6.45) is 0.185. The van der Waals surface area contributed by atoms with Crippen LogP contribution in [0, 0.1) is 0 Å². The highest BCUT2D eigenvalue weighted by Crippen LogP contribution is 2.35. The molecule has 0 spiro atoms. The highest BCUT2D eigenvalue weighted by Gasteiger charge is 2.27. The van der Waals surface area contributed by atoms with Crippen molar-refractivity contribution in [3.8, 4) is 22.9 Å². The number of rotatable bonds is 5. The quantitative estimate of drug-likeness (QED) is 0.310. The average Bonchev–Trinajstić information content (AvgIpc) is 3.64. The third-order valence-corrected chi connectivity index (χ3v) is 7.33. The van der Waals surface area contributed by atoms with E-state index >= 15 is 0 Å². The van der Waals surface area contributed by atoms with Crippen molar-refractivity contribution in [1.82, 2.24) is 35.0 Å². The summed E-state index contributed by atoms with van der Waals surface area (Å²) < 4.78 is 6.08. The van der Waals surface area contributed by atoms with E-state index in [2.05, 4.69) is 75.2 Å². The highest BCUT2D eigenvalue weighted by molar-refractivity contribution is 6.03. The van der Waals surface area contributed by atoms with Crippen LogP contribution in [0.2, 0.25) is 0 Å². The summed E-state index contributed by atoms with van der Waals surface area (Å²) in [5, 5.41) is 8.79. The fourth-order valence-electron chi connectivity index (χ4n) is 5.51. The second kappa shape index (κ2) is 8.97. The zero-order valence-corrected chi connectivity index (χ0v) is 21.7. The van der Waals surface area contributed by atoms with Gasteiger partial charge in [0.15, 0.2) is 5.82 Å². The molecule has 3 aromatic heterocycles. The summed E-state index contributed by atoms with van der Waals surface area (Å²) in [7, 11) is 4.17. The second-order valence-corrected chi connectivity index (χ2v) is 10.4. The Hall–Kier alpha value is -4.21. The fourth-order valence-corrected chi connectivity index (χ4v) is 5.51. The maximum Gasteiger partial charge on any atom is 0.159 e. The van der Waals surface area contributed by atoms with Crippen LogP contribution in [-0.4, -0.2) is 81.0 Å². The molecule has 9 heteroatoms. The number of nitrogens with zero attached hydrogens (tertiary/aromatic N) is 5. The first kappa shape index (κ1) is 22.9. The third kappa shape index (κ3) is 3.91. The van der Waals surface area contributed by atoms with Crippen LogP contribution in [-0.2, 0) is 4.74 Å². The Bertz CT molecular complexity index is 1730. The van der Waals surface area contributed by atoms with Gasteiger partial charge in [0, 0.05) is 35.8 Å². The van der Waals surface area contributed by atoms with Crippen LogP contribution in [0.5, 0.6) is 0 Å². The van der Waals surface area contributed by atoms with Gasteiger partial charge in [-0.05, 0) is 57.4 Å². The first-order valence-corrected chi connectivity index (χ1v) is 13.0. The molecule has 1 saturated heterocycles. The number of aromatic amines is 3. The van der Waals surface area contributed by atoms with Crippen molar-refractivity contribution < 1.29 is 4.74 Å². The Morgan fingerprint density at radius 2 is 1.71 bits per heavy atom. The van der Waals surface area contributed by atoms with Gasteiger partial charge in [0.1, 0.15) is 11.5 Å². The summed E-state index contributed by atoms with van der Waals surface area (Å²) in [6, 6.07) is 20.9. The van der Waals surface area contributed by atoms with Gasteiger partial charge in [0.25, 0.3) is 0 Å². The molecule has 0 radical (unpaired) electrons. The summed E-state index contributed by atoms with van der Waals surface area (Å²) >= 11 is 0. The van der Waals surface area contributed by atoms with Crippen LogP contribution in [0.25, 0.3) is 55.9 Å². The van der Waals surface area contributed by atoms with E-state index in [0.717, 1.165) is 75.6 Å². The van der Waals surface area contributed by atoms with E-state index in [1.807, 2.05) is 36.4 Å². The summed E-state index contributed by atoms with van der Waals surface area (Å²) in [4.78, 5) is 21.4. The van der Waals surface area contributed by atoms with Gasteiger partial charge in [-0.3, -0.25) is 5.10 Å². The van der Waals surface area contributed by atoms with Gasteiger partial charge in [-0.25, -0.2) is 9.97 Å². The lowest BCUT2D eigenvalue weighted by Crippen LogP contribution is -2.51. The molecule has 0 aliphatic carbocycles. The molecule has 0 amide bonds. The molecule has 6 aromatic rings. The largest absolute Gasteiger partial charge is 0.373 e. The van der Waals surface area contributed by atoms with Gasteiger partial charge < -0.3 is 24.5 Å². The number of aromatic nitrogens is 6. The number of anilines is 1. The van der Waals surface area contributed by atoms with Crippen LogP contribution in [0.1, 0.15) is 6.92 Å². The molecule has 2 unspecified atom stereocenters. The monoisotopic (exact) mass is 506 g/mol. The molecule has 0 saturated carbocycles. The third-order valence-electron chi connectivity index (χ3n) is 7.33. The maximum absolute atomic E-state index is 6.08. The molecule has 192 valence electrons. The lowest BCUT2D eigenvalue weighted by molar-refractivity contribution is 0.00880. The number of hydrogen-bond donors (Lipinski definition) is 3. The number of morpholine rings is 1. The average molecular weight is 507 g/mol. The van der Waals surface area contributed by atoms with Crippen LogP contribution < -0.4 is 4.90 Å². The number of ether oxygens (including phenoxy) is 1. The first-order valence-electron chi connectivity index (χ1n) is 13.0. The molecular weight excluding hydrogens is 476 g/mol. The van der Waals surface area contributed by atoms with Gasteiger partial charge in [-0.2, -0.15) is 5.10 Å². The minimum Gasteiger partial charge on any atom is -0.373 e. The van der Waals surface area contributed by atoms with Crippen molar-refractivity contribution in [2.75, 3.05) is 38.7 Å². The Labute approximate surface area is 219 Å².